The summed E-state index contributed by atoms with van der Waals surface area (Å²) in [5.74, 6) is 1.87. The molecule has 1 aliphatic rings. The zero-order chi connectivity index (χ0) is 14.3. The quantitative estimate of drug-likeness (QED) is 0.876. The fraction of sp³-hybridized carbons (Fsp3) is 0.462. The SMILES string of the molecule is O=c1[nH]c2c(C(F)(F)F)cccc2n1C1CCSCC1. The molecule has 3 rings (SSSR count). The lowest BCUT2D eigenvalue weighted by molar-refractivity contribution is -0.136. The predicted octanol–water partition coefficient (Wildman–Crippen LogP) is 3.42. The molecule has 0 atom stereocenters. The average Bonchev–Trinajstić information content (AvgIpc) is 2.74. The zero-order valence-corrected chi connectivity index (χ0v) is 11.4. The van der Waals surface area contributed by atoms with Crippen LogP contribution < -0.4 is 5.69 Å². The second-order valence-electron chi connectivity index (χ2n) is 4.84. The van der Waals surface area contributed by atoms with Crippen LogP contribution in [0.3, 0.4) is 0 Å². The molecule has 0 spiro atoms. The fourth-order valence-electron chi connectivity index (χ4n) is 2.69. The van der Waals surface area contributed by atoms with Crippen LogP contribution in [0.4, 0.5) is 13.2 Å². The maximum absolute atomic E-state index is 13.0. The van der Waals surface area contributed by atoms with Gasteiger partial charge in [-0.2, -0.15) is 24.9 Å². The molecule has 0 saturated carbocycles. The van der Waals surface area contributed by atoms with Gasteiger partial charge in [-0.1, -0.05) is 6.07 Å². The summed E-state index contributed by atoms with van der Waals surface area (Å²) in [6.45, 7) is 0. The minimum atomic E-state index is -4.46. The summed E-state index contributed by atoms with van der Waals surface area (Å²) >= 11 is 1.81. The van der Waals surface area contributed by atoms with E-state index in [2.05, 4.69) is 4.98 Å². The van der Waals surface area contributed by atoms with Crippen molar-refractivity contribution in [3.63, 3.8) is 0 Å². The number of alkyl halides is 3. The van der Waals surface area contributed by atoms with E-state index in [4.69, 9.17) is 0 Å². The summed E-state index contributed by atoms with van der Waals surface area (Å²) < 4.78 is 40.4. The van der Waals surface area contributed by atoms with Gasteiger partial charge < -0.3 is 4.98 Å². The summed E-state index contributed by atoms with van der Waals surface area (Å²) in [5.41, 5.74) is -0.991. The van der Waals surface area contributed by atoms with Gasteiger partial charge in [-0.3, -0.25) is 4.57 Å². The molecule has 0 unspecified atom stereocenters. The maximum Gasteiger partial charge on any atom is 0.418 e. The van der Waals surface area contributed by atoms with Crippen molar-refractivity contribution < 1.29 is 13.2 Å². The average molecular weight is 302 g/mol. The number of hydrogen-bond donors (Lipinski definition) is 1. The minimum Gasteiger partial charge on any atom is -0.305 e. The number of aromatic nitrogens is 2. The van der Waals surface area contributed by atoms with Crippen molar-refractivity contribution in [2.45, 2.75) is 25.1 Å². The van der Waals surface area contributed by atoms with Crippen molar-refractivity contribution in [1.29, 1.82) is 0 Å². The molecule has 108 valence electrons. The van der Waals surface area contributed by atoms with Crippen molar-refractivity contribution in [3.05, 3.63) is 34.2 Å². The highest BCUT2D eigenvalue weighted by Gasteiger charge is 2.34. The van der Waals surface area contributed by atoms with Crippen molar-refractivity contribution >= 4 is 22.8 Å². The molecule has 3 nitrogen and oxygen atoms in total. The van der Waals surface area contributed by atoms with E-state index in [0.717, 1.165) is 30.4 Å². The first-order chi connectivity index (χ1) is 9.48. The van der Waals surface area contributed by atoms with Crippen LogP contribution >= 0.6 is 11.8 Å². The first-order valence-electron chi connectivity index (χ1n) is 6.36. The molecular weight excluding hydrogens is 289 g/mol. The molecule has 1 aromatic heterocycles. The molecule has 0 radical (unpaired) electrons. The summed E-state index contributed by atoms with van der Waals surface area (Å²) in [5, 5.41) is 0. The van der Waals surface area contributed by atoms with E-state index < -0.39 is 17.4 Å². The molecule has 0 amide bonds. The Labute approximate surface area is 117 Å². The molecule has 0 bridgehead atoms. The van der Waals surface area contributed by atoms with Crippen LogP contribution in [0.1, 0.15) is 24.4 Å². The van der Waals surface area contributed by atoms with Gasteiger partial charge in [0, 0.05) is 6.04 Å². The molecule has 1 N–H and O–H groups in total. The highest BCUT2D eigenvalue weighted by Crippen LogP contribution is 2.35. The van der Waals surface area contributed by atoms with E-state index in [9.17, 15) is 18.0 Å². The smallest absolute Gasteiger partial charge is 0.305 e. The van der Waals surface area contributed by atoms with Gasteiger partial charge in [0.25, 0.3) is 0 Å². The van der Waals surface area contributed by atoms with Crippen molar-refractivity contribution in [2.24, 2.45) is 0 Å². The standard InChI is InChI=1S/C13H13F3N2OS/c14-13(15,16)9-2-1-3-10-11(9)17-12(19)18(10)8-4-6-20-7-5-8/h1-3,8H,4-7H2,(H,17,19). The summed E-state index contributed by atoms with van der Waals surface area (Å²) in [6, 6.07) is 3.91. The van der Waals surface area contributed by atoms with Crippen LogP contribution in [0.25, 0.3) is 11.0 Å². The Morgan fingerprint density at radius 3 is 2.60 bits per heavy atom. The third-order valence-electron chi connectivity index (χ3n) is 3.61. The highest BCUT2D eigenvalue weighted by atomic mass is 32.2. The van der Waals surface area contributed by atoms with Crippen LogP contribution in [0.5, 0.6) is 0 Å². The third kappa shape index (κ3) is 2.24. The predicted molar refractivity (Wildman–Crippen MR) is 73.2 cm³/mol. The van der Waals surface area contributed by atoms with E-state index in [0.29, 0.717) is 5.52 Å². The normalized spacial score (nSPS) is 17.8. The van der Waals surface area contributed by atoms with Gasteiger partial charge >= 0.3 is 11.9 Å². The lowest BCUT2D eigenvalue weighted by Gasteiger charge is -2.22. The fourth-order valence-corrected chi connectivity index (χ4v) is 3.77. The Kier molecular flexibility index (Phi) is 3.32. The number of H-pyrrole nitrogens is 1. The minimum absolute atomic E-state index is 0.0130. The van der Waals surface area contributed by atoms with Gasteiger partial charge in [-0.25, -0.2) is 4.79 Å². The number of nitrogens with one attached hydrogen (secondary N) is 1. The Hall–Kier alpha value is -1.37. The van der Waals surface area contributed by atoms with Crippen LogP contribution in [0.15, 0.2) is 23.0 Å². The van der Waals surface area contributed by atoms with Crippen molar-refractivity contribution in [1.82, 2.24) is 9.55 Å². The van der Waals surface area contributed by atoms with Gasteiger partial charge in [-0.15, -0.1) is 0 Å². The first-order valence-corrected chi connectivity index (χ1v) is 7.52. The summed E-state index contributed by atoms with van der Waals surface area (Å²) in [4.78, 5) is 14.4. The molecule has 1 aliphatic heterocycles. The molecular formula is C13H13F3N2OS. The number of imidazole rings is 1. The van der Waals surface area contributed by atoms with E-state index in [-0.39, 0.29) is 11.6 Å². The Balaban J connectivity index is 2.19. The van der Waals surface area contributed by atoms with Crippen LogP contribution in [0.2, 0.25) is 0 Å². The first kappa shape index (κ1) is 13.6. The second kappa shape index (κ2) is 4.87. The number of fused-ring (bicyclic) bond motifs is 1. The largest absolute Gasteiger partial charge is 0.418 e. The van der Waals surface area contributed by atoms with E-state index in [1.165, 1.54) is 10.6 Å². The number of halogens is 3. The third-order valence-corrected chi connectivity index (χ3v) is 4.66. The number of benzene rings is 1. The van der Waals surface area contributed by atoms with Gasteiger partial charge in [0.05, 0.1) is 16.6 Å². The van der Waals surface area contributed by atoms with Crippen molar-refractivity contribution in [3.8, 4) is 0 Å². The highest BCUT2D eigenvalue weighted by molar-refractivity contribution is 7.99. The van der Waals surface area contributed by atoms with Crippen LogP contribution in [0, 0.1) is 0 Å². The molecule has 0 aliphatic carbocycles. The number of para-hydroxylation sites is 1. The molecule has 2 aromatic rings. The number of thioether (sulfide) groups is 1. The van der Waals surface area contributed by atoms with Gasteiger partial charge in [-0.05, 0) is 36.5 Å². The van der Waals surface area contributed by atoms with Crippen LogP contribution in [-0.4, -0.2) is 21.1 Å². The van der Waals surface area contributed by atoms with Gasteiger partial charge in [0.1, 0.15) is 0 Å². The van der Waals surface area contributed by atoms with Crippen LogP contribution in [-0.2, 0) is 6.18 Å². The monoisotopic (exact) mass is 302 g/mol. The van der Waals surface area contributed by atoms with E-state index >= 15 is 0 Å². The summed E-state index contributed by atoms with van der Waals surface area (Å²) in [7, 11) is 0. The number of nitrogens with zero attached hydrogens (tertiary/aromatic N) is 1. The maximum atomic E-state index is 13.0. The molecule has 2 heterocycles. The lowest BCUT2D eigenvalue weighted by Crippen LogP contribution is -2.25. The Bertz CT molecular complexity index is 683. The molecule has 1 fully saturated rings. The Morgan fingerprint density at radius 2 is 1.95 bits per heavy atom. The topological polar surface area (TPSA) is 37.8 Å². The van der Waals surface area contributed by atoms with Crippen molar-refractivity contribution in [2.75, 3.05) is 11.5 Å². The number of aromatic amines is 1. The van der Waals surface area contributed by atoms with E-state index in [1.807, 2.05) is 11.8 Å². The van der Waals surface area contributed by atoms with E-state index in [1.54, 1.807) is 6.07 Å². The number of hydrogen-bond acceptors (Lipinski definition) is 2. The lowest BCUT2D eigenvalue weighted by atomic mass is 10.1. The zero-order valence-electron chi connectivity index (χ0n) is 10.5. The molecule has 7 heteroatoms. The van der Waals surface area contributed by atoms with Gasteiger partial charge in [0.15, 0.2) is 0 Å². The molecule has 1 saturated heterocycles. The number of rotatable bonds is 1. The van der Waals surface area contributed by atoms with Gasteiger partial charge in [0.2, 0.25) is 0 Å². The second-order valence-corrected chi connectivity index (χ2v) is 6.07. The Morgan fingerprint density at radius 1 is 1.25 bits per heavy atom. The summed E-state index contributed by atoms with van der Waals surface area (Å²) in [6.07, 6.45) is -2.83. The molecule has 1 aromatic carbocycles. The molecule has 20 heavy (non-hydrogen) atoms.